The van der Waals surface area contributed by atoms with Crippen LogP contribution >= 0.6 is 0 Å². The summed E-state index contributed by atoms with van der Waals surface area (Å²) in [5, 5.41) is 0. The van der Waals surface area contributed by atoms with Crippen LogP contribution in [0.1, 0.15) is 12.8 Å². The first-order valence-corrected chi connectivity index (χ1v) is 10.8. The van der Waals surface area contributed by atoms with Gasteiger partial charge >= 0.3 is 0 Å². The number of hydrogen-bond donors (Lipinski definition) is 1. The van der Waals surface area contributed by atoms with E-state index in [1.54, 1.807) is 23.1 Å². The molecule has 0 bridgehead atoms. The van der Waals surface area contributed by atoms with E-state index >= 15 is 0 Å². The largest absolute Gasteiger partial charge is 0.495 e. The number of amides is 1. The van der Waals surface area contributed by atoms with E-state index in [1.165, 1.54) is 19.2 Å². The van der Waals surface area contributed by atoms with E-state index in [0.29, 0.717) is 35.9 Å². The molecule has 2 heterocycles. The maximum atomic E-state index is 12.8. The molecular formula is C20H22N2O6S. The minimum atomic E-state index is -3.81. The molecule has 1 atom stereocenters. The van der Waals surface area contributed by atoms with Gasteiger partial charge in [-0.3, -0.25) is 4.79 Å². The SMILES string of the molecule is COc1ccc(S(=O)(=O)NC[C@@H]2COc3ccccc3O2)cc1N1CCCC1=O. The molecule has 9 heteroatoms. The van der Waals surface area contributed by atoms with Gasteiger partial charge < -0.3 is 19.1 Å². The third kappa shape index (κ3) is 4.01. The predicted molar refractivity (Wildman–Crippen MR) is 106 cm³/mol. The number of rotatable bonds is 6. The zero-order valence-electron chi connectivity index (χ0n) is 16.0. The van der Waals surface area contributed by atoms with Crippen LogP contribution in [0.2, 0.25) is 0 Å². The van der Waals surface area contributed by atoms with E-state index in [1.807, 2.05) is 12.1 Å². The second-order valence-electron chi connectivity index (χ2n) is 6.83. The van der Waals surface area contributed by atoms with Crippen LogP contribution in [0.25, 0.3) is 0 Å². The lowest BCUT2D eigenvalue weighted by Crippen LogP contribution is -2.40. The minimum Gasteiger partial charge on any atom is -0.495 e. The van der Waals surface area contributed by atoms with Crippen LogP contribution in [-0.4, -0.2) is 47.2 Å². The van der Waals surface area contributed by atoms with Crippen molar-refractivity contribution in [3.8, 4) is 17.2 Å². The maximum Gasteiger partial charge on any atom is 0.240 e. The first kappa shape index (κ1) is 19.5. The third-order valence-corrected chi connectivity index (χ3v) is 6.31. The van der Waals surface area contributed by atoms with Gasteiger partial charge in [-0.25, -0.2) is 13.1 Å². The smallest absolute Gasteiger partial charge is 0.240 e. The number of methoxy groups -OCH3 is 1. The van der Waals surface area contributed by atoms with E-state index in [0.717, 1.165) is 6.42 Å². The van der Waals surface area contributed by atoms with Gasteiger partial charge in [0.2, 0.25) is 15.9 Å². The molecule has 1 amide bonds. The lowest BCUT2D eigenvalue weighted by molar-refractivity contribution is -0.117. The van der Waals surface area contributed by atoms with Crippen LogP contribution in [0.4, 0.5) is 5.69 Å². The topological polar surface area (TPSA) is 94.2 Å². The summed E-state index contributed by atoms with van der Waals surface area (Å²) >= 11 is 0. The average molecular weight is 418 g/mol. The van der Waals surface area contributed by atoms with Crippen molar-refractivity contribution in [3.63, 3.8) is 0 Å². The number of ether oxygens (including phenoxy) is 3. The molecule has 2 aliphatic rings. The van der Waals surface area contributed by atoms with E-state index in [9.17, 15) is 13.2 Å². The van der Waals surface area contributed by atoms with Gasteiger partial charge in [0, 0.05) is 13.0 Å². The molecule has 0 spiro atoms. The van der Waals surface area contributed by atoms with E-state index < -0.39 is 16.1 Å². The van der Waals surface area contributed by atoms with Gasteiger partial charge in [0.25, 0.3) is 0 Å². The Morgan fingerprint density at radius 1 is 1.21 bits per heavy atom. The summed E-state index contributed by atoms with van der Waals surface area (Å²) < 4.78 is 44.9. The molecule has 154 valence electrons. The van der Waals surface area contributed by atoms with E-state index in [2.05, 4.69) is 4.72 Å². The van der Waals surface area contributed by atoms with Crippen molar-refractivity contribution in [2.45, 2.75) is 23.8 Å². The van der Waals surface area contributed by atoms with Crippen LogP contribution in [0.5, 0.6) is 17.2 Å². The van der Waals surface area contributed by atoms with E-state index in [-0.39, 0.29) is 24.0 Å². The molecule has 2 aliphatic heterocycles. The summed E-state index contributed by atoms with van der Waals surface area (Å²) in [5.74, 6) is 1.64. The molecule has 1 saturated heterocycles. The number of sulfonamides is 1. The predicted octanol–water partition coefficient (Wildman–Crippen LogP) is 1.94. The number of nitrogens with zero attached hydrogens (tertiary/aromatic N) is 1. The van der Waals surface area contributed by atoms with Crippen molar-refractivity contribution in [1.29, 1.82) is 0 Å². The fraction of sp³-hybridized carbons (Fsp3) is 0.350. The number of carbonyl (C=O) groups excluding carboxylic acids is 1. The molecule has 0 saturated carbocycles. The highest BCUT2D eigenvalue weighted by molar-refractivity contribution is 7.89. The Kier molecular flexibility index (Phi) is 5.33. The number of anilines is 1. The highest BCUT2D eigenvalue weighted by Gasteiger charge is 2.28. The van der Waals surface area contributed by atoms with Crippen molar-refractivity contribution in [2.24, 2.45) is 0 Å². The Labute approximate surface area is 169 Å². The monoisotopic (exact) mass is 418 g/mol. The lowest BCUT2D eigenvalue weighted by atomic mass is 10.2. The molecule has 4 rings (SSSR count). The van der Waals surface area contributed by atoms with Crippen molar-refractivity contribution >= 4 is 21.6 Å². The highest BCUT2D eigenvalue weighted by atomic mass is 32.2. The quantitative estimate of drug-likeness (QED) is 0.771. The molecule has 1 fully saturated rings. The molecule has 0 aromatic heterocycles. The zero-order valence-corrected chi connectivity index (χ0v) is 16.8. The van der Waals surface area contributed by atoms with Crippen molar-refractivity contribution in [1.82, 2.24) is 4.72 Å². The van der Waals surface area contributed by atoms with Gasteiger partial charge in [0.1, 0.15) is 18.5 Å². The highest BCUT2D eigenvalue weighted by Crippen LogP contribution is 2.34. The van der Waals surface area contributed by atoms with Crippen molar-refractivity contribution in [3.05, 3.63) is 42.5 Å². The van der Waals surface area contributed by atoms with Gasteiger partial charge in [-0.1, -0.05) is 12.1 Å². The molecule has 1 N–H and O–H groups in total. The molecule has 0 unspecified atom stereocenters. The van der Waals surface area contributed by atoms with Gasteiger partial charge in [0.05, 0.1) is 24.2 Å². The number of carbonyl (C=O) groups is 1. The molecule has 29 heavy (non-hydrogen) atoms. The summed E-state index contributed by atoms with van der Waals surface area (Å²) in [4.78, 5) is 13.7. The maximum absolute atomic E-state index is 12.8. The molecule has 0 radical (unpaired) electrons. The Bertz CT molecular complexity index is 1020. The lowest BCUT2D eigenvalue weighted by Gasteiger charge is -2.26. The number of para-hydroxylation sites is 2. The summed E-state index contributed by atoms with van der Waals surface area (Å²) in [5.41, 5.74) is 0.462. The number of hydrogen-bond acceptors (Lipinski definition) is 6. The first-order chi connectivity index (χ1) is 14.0. The normalized spacial score (nSPS) is 18.7. The molecule has 0 aliphatic carbocycles. The average Bonchev–Trinajstić information content (AvgIpc) is 3.17. The second kappa shape index (κ2) is 7.92. The van der Waals surface area contributed by atoms with Crippen LogP contribution < -0.4 is 23.8 Å². The second-order valence-corrected chi connectivity index (χ2v) is 8.60. The Morgan fingerprint density at radius 3 is 2.72 bits per heavy atom. The van der Waals surface area contributed by atoms with Gasteiger partial charge in [-0.05, 0) is 36.8 Å². The van der Waals surface area contributed by atoms with Crippen molar-refractivity contribution < 1.29 is 27.4 Å². The fourth-order valence-electron chi connectivity index (χ4n) is 3.40. The molecule has 8 nitrogen and oxygen atoms in total. The summed E-state index contributed by atoms with van der Waals surface area (Å²) in [7, 11) is -2.32. The number of nitrogens with one attached hydrogen (secondary N) is 1. The third-order valence-electron chi connectivity index (χ3n) is 4.89. The first-order valence-electron chi connectivity index (χ1n) is 9.34. The van der Waals surface area contributed by atoms with Gasteiger partial charge in [-0.2, -0.15) is 0 Å². The standard InChI is InChI=1S/C20H22N2O6S/c1-26-17-9-8-15(11-16(17)22-10-4-7-20(22)23)29(24,25)21-12-14-13-27-18-5-2-3-6-19(18)28-14/h2-3,5-6,8-9,11,14,21H,4,7,10,12-13H2,1H3/t14-/m1/s1. The van der Waals surface area contributed by atoms with Crippen LogP contribution in [-0.2, 0) is 14.8 Å². The zero-order chi connectivity index (χ0) is 20.4. The van der Waals surface area contributed by atoms with Crippen LogP contribution in [0, 0.1) is 0 Å². The Balaban J connectivity index is 1.49. The fourth-order valence-corrected chi connectivity index (χ4v) is 4.49. The number of fused-ring (bicyclic) bond motifs is 1. The Hall–Kier alpha value is -2.78. The molecule has 2 aromatic carbocycles. The molecular weight excluding hydrogens is 396 g/mol. The van der Waals surface area contributed by atoms with Crippen LogP contribution in [0.15, 0.2) is 47.4 Å². The van der Waals surface area contributed by atoms with E-state index in [4.69, 9.17) is 14.2 Å². The van der Waals surface area contributed by atoms with Gasteiger partial charge in [0.15, 0.2) is 11.5 Å². The van der Waals surface area contributed by atoms with Gasteiger partial charge in [-0.15, -0.1) is 0 Å². The van der Waals surface area contributed by atoms with Crippen LogP contribution in [0.3, 0.4) is 0 Å². The summed E-state index contributed by atoms with van der Waals surface area (Å²) in [6, 6.07) is 11.7. The number of benzene rings is 2. The summed E-state index contributed by atoms with van der Waals surface area (Å²) in [6.45, 7) is 0.842. The van der Waals surface area contributed by atoms with Crippen molar-refractivity contribution in [2.75, 3.05) is 31.7 Å². The Morgan fingerprint density at radius 2 is 2.00 bits per heavy atom. The minimum absolute atomic E-state index is 0.0442. The molecule has 2 aromatic rings. The summed E-state index contributed by atoms with van der Waals surface area (Å²) in [6.07, 6.45) is 0.730.